The highest BCUT2D eigenvalue weighted by Gasteiger charge is 2.26. The minimum Gasteiger partial charge on any atom is -0.481 e. The van der Waals surface area contributed by atoms with Gasteiger partial charge in [-0.1, -0.05) is 27.2 Å². The summed E-state index contributed by atoms with van der Waals surface area (Å²) in [6.07, 6.45) is -0.370. The predicted molar refractivity (Wildman–Crippen MR) is 192 cm³/mol. The molecule has 0 aliphatic rings. The number of nitrogens with one attached hydrogen (secondary N) is 6. The maximum absolute atomic E-state index is 12.9. The number of carbonyl (C=O) groups excluding carboxylic acids is 6. The van der Waals surface area contributed by atoms with E-state index in [-0.39, 0.29) is 43.0 Å². The van der Waals surface area contributed by atoms with Gasteiger partial charge in [0, 0.05) is 55.9 Å². The summed E-state index contributed by atoms with van der Waals surface area (Å²) in [5, 5.41) is 40.2. The summed E-state index contributed by atoms with van der Waals surface area (Å²) >= 11 is 0. The molecular formula is C34H48N6O14. The topological polar surface area (TPSA) is 317 Å². The molecule has 1 aromatic heterocycles. The highest BCUT2D eigenvalue weighted by molar-refractivity contribution is 6.01. The van der Waals surface area contributed by atoms with E-state index >= 15 is 0 Å². The van der Waals surface area contributed by atoms with Crippen LogP contribution < -0.4 is 37.5 Å². The molecule has 2 atom stereocenters. The second-order valence-corrected chi connectivity index (χ2v) is 11.4. The molecular weight excluding hydrogens is 716 g/mol. The van der Waals surface area contributed by atoms with Crippen LogP contribution in [0.4, 0.5) is 5.69 Å². The third-order valence-electron chi connectivity index (χ3n) is 6.41. The molecule has 0 spiro atoms. The Kier molecular flexibility index (Phi) is 22.6. The molecule has 298 valence electrons. The third kappa shape index (κ3) is 21.1. The van der Waals surface area contributed by atoms with Gasteiger partial charge in [0.25, 0.3) is 5.97 Å². The van der Waals surface area contributed by atoms with Crippen LogP contribution in [0.1, 0.15) is 71.8 Å². The van der Waals surface area contributed by atoms with Gasteiger partial charge in [0.1, 0.15) is 17.7 Å². The summed E-state index contributed by atoms with van der Waals surface area (Å²) in [6, 6.07) is 2.68. The molecule has 0 bridgehead atoms. The van der Waals surface area contributed by atoms with Crippen molar-refractivity contribution >= 4 is 70.0 Å². The highest BCUT2D eigenvalue weighted by atomic mass is 16.4. The lowest BCUT2D eigenvalue weighted by molar-refractivity contribution is -0.140. The maximum Gasteiger partial charge on any atom is 0.336 e. The van der Waals surface area contributed by atoms with Crippen LogP contribution in [0.15, 0.2) is 33.5 Å². The van der Waals surface area contributed by atoms with Gasteiger partial charge in [0.15, 0.2) is 0 Å². The summed E-state index contributed by atoms with van der Waals surface area (Å²) in [7, 11) is 0. The fraction of sp³-hybridized carbons (Fsp3) is 0.471. The van der Waals surface area contributed by atoms with Crippen LogP contribution in [0.2, 0.25) is 0 Å². The van der Waals surface area contributed by atoms with Gasteiger partial charge in [-0.15, -0.1) is 0 Å². The van der Waals surface area contributed by atoms with Crippen LogP contribution in [0.5, 0.6) is 0 Å². The molecule has 2 aromatic rings. The Morgan fingerprint density at radius 1 is 0.722 bits per heavy atom. The zero-order chi connectivity index (χ0) is 41.4. The summed E-state index contributed by atoms with van der Waals surface area (Å²) in [5.41, 5.74) is 0.331. The molecule has 0 saturated heterocycles. The van der Waals surface area contributed by atoms with Crippen molar-refractivity contribution in [1.82, 2.24) is 26.6 Å². The summed E-state index contributed by atoms with van der Waals surface area (Å²) in [5.74, 6) is -8.07. The SMILES string of the molecule is CC(=O)O.CCC.CCC(=O)NCCC(=O)NCC(=O)NC(CCC(=O)O)C(=O)NCC(=O)NC(CC(=O)O)C(=O)Nc1ccc2c(C)cc(=O)oc2c1. The molecule has 0 radical (unpaired) electrons. The number of carboxylic acids is 3. The lowest BCUT2D eigenvalue weighted by atomic mass is 10.1. The standard InChI is InChI=1S/C29H36N6O12.C3H8.C2H4O2/c1-3-21(36)30-9-8-22(37)31-13-23(38)34-18(6-7-25(40)41)28(45)32-14-24(39)35-19(12-26(42)43)29(46)33-16-4-5-17-15(2)10-27(44)47-20(17)11-16;1-3-2;1-2(3)4/h4-5,10-11,18-19H,3,6-9,12-14H2,1-2H3,(H,30,36)(H,31,37)(H,32,45)(H,33,46)(H,34,38)(H,35,39)(H,40,41)(H,42,43);3H2,1-2H3;1H3,(H,3,4). The molecule has 0 saturated carbocycles. The van der Waals surface area contributed by atoms with Gasteiger partial charge < -0.3 is 51.6 Å². The summed E-state index contributed by atoms with van der Waals surface area (Å²) < 4.78 is 5.13. The Hall–Kier alpha value is -6.34. The van der Waals surface area contributed by atoms with Gasteiger partial charge in [-0.25, -0.2) is 4.79 Å². The van der Waals surface area contributed by atoms with E-state index in [9.17, 15) is 48.3 Å². The molecule has 0 aliphatic heterocycles. The summed E-state index contributed by atoms with van der Waals surface area (Å²) in [6.45, 7) is 7.37. The predicted octanol–water partition coefficient (Wildman–Crippen LogP) is 0.00492. The van der Waals surface area contributed by atoms with Gasteiger partial charge in [-0.05, 0) is 31.0 Å². The van der Waals surface area contributed by atoms with E-state index in [0.717, 1.165) is 6.92 Å². The molecule has 6 amide bonds. The largest absolute Gasteiger partial charge is 0.481 e. The number of rotatable bonds is 18. The van der Waals surface area contributed by atoms with Crippen LogP contribution in [0.25, 0.3) is 11.0 Å². The molecule has 0 fully saturated rings. The number of carboxylic acid groups (broad SMARTS) is 3. The number of carbonyl (C=O) groups is 9. The lowest BCUT2D eigenvalue weighted by Crippen LogP contribution is -2.52. The first-order chi connectivity index (χ1) is 25.3. The maximum atomic E-state index is 12.9. The van der Waals surface area contributed by atoms with Crippen molar-refractivity contribution in [2.75, 3.05) is 25.0 Å². The van der Waals surface area contributed by atoms with Gasteiger partial charge in [0.05, 0.1) is 19.5 Å². The first-order valence-corrected chi connectivity index (χ1v) is 16.7. The summed E-state index contributed by atoms with van der Waals surface area (Å²) in [4.78, 5) is 117. The molecule has 2 unspecified atom stereocenters. The zero-order valence-corrected chi connectivity index (χ0v) is 30.7. The zero-order valence-electron chi connectivity index (χ0n) is 30.7. The number of benzene rings is 1. The molecule has 1 aromatic carbocycles. The number of hydrogen-bond donors (Lipinski definition) is 9. The Labute approximate surface area is 309 Å². The van der Waals surface area contributed by atoms with Crippen molar-refractivity contribution in [2.24, 2.45) is 0 Å². The fourth-order valence-electron chi connectivity index (χ4n) is 4.04. The molecule has 2 rings (SSSR count). The van der Waals surface area contributed by atoms with Crippen molar-refractivity contribution < 1.29 is 62.9 Å². The fourth-order valence-corrected chi connectivity index (χ4v) is 4.04. The van der Waals surface area contributed by atoms with E-state index in [1.165, 1.54) is 24.6 Å². The number of aryl methyl sites for hydroxylation is 1. The quantitative estimate of drug-likeness (QED) is 0.0904. The average Bonchev–Trinajstić information content (AvgIpc) is 3.07. The number of hydrogen-bond acceptors (Lipinski definition) is 11. The molecule has 54 heavy (non-hydrogen) atoms. The van der Waals surface area contributed by atoms with Gasteiger partial charge in [0.2, 0.25) is 35.4 Å². The molecule has 20 nitrogen and oxygen atoms in total. The first kappa shape index (κ1) is 47.7. The van der Waals surface area contributed by atoms with Crippen molar-refractivity contribution in [3.05, 3.63) is 40.2 Å². The first-order valence-electron chi connectivity index (χ1n) is 16.7. The third-order valence-corrected chi connectivity index (χ3v) is 6.41. The van der Waals surface area contributed by atoms with Crippen LogP contribution in [-0.2, 0) is 43.2 Å². The van der Waals surface area contributed by atoms with Crippen molar-refractivity contribution in [1.29, 1.82) is 0 Å². The molecule has 20 heteroatoms. The number of aliphatic carboxylic acids is 3. The van der Waals surface area contributed by atoms with Crippen LogP contribution in [0, 0.1) is 6.92 Å². The Bertz CT molecular complexity index is 1700. The van der Waals surface area contributed by atoms with Gasteiger partial charge in [-0.3, -0.25) is 43.2 Å². The van der Waals surface area contributed by atoms with E-state index < -0.39 is 91.1 Å². The highest BCUT2D eigenvalue weighted by Crippen LogP contribution is 2.21. The Morgan fingerprint density at radius 2 is 1.30 bits per heavy atom. The second-order valence-electron chi connectivity index (χ2n) is 11.4. The van der Waals surface area contributed by atoms with E-state index in [1.807, 2.05) is 0 Å². The smallest absolute Gasteiger partial charge is 0.336 e. The minimum atomic E-state index is -1.60. The number of anilines is 1. The average molecular weight is 765 g/mol. The molecule has 9 N–H and O–H groups in total. The Balaban J connectivity index is 0.00000369. The Morgan fingerprint density at radius 3 is 1.85 bits per heavy atom. The number of amides is 6. The van der Waals surface area contributed by atoms with E-state index in [1.54, 1.807) is 19.9 Å². The van der Waals surface area contributed by atoms with Crippen molar-refractivity contribution in [2.45, 2.75) is 85.2 Å². The minimum absolute atomic E-state index is 0.0451. The normalized spacial score (nSPS) is 11.1. The molecule has 0 aliphatic carbocycles. The van der Waals surface area contributed by atoms with E-state index in [0.29, 0.717) is 10.9 Å². The van der Waals surface area contributed by atoms with Crippen LogP contribution in [-0.4, -0.2) is 100 Å². The van der Waals surface area contributed by atoms with Gasteiger partial charge >= 0.3 is 17.6 Å². The van der Waals surface area contributed by atoms with Crippen LogP contribution >= 0.6 is 0 Å². The van der Waals surface area contributed by atoms with Crippen LogP contribution in [0.3, 0.4) is 0 Å². The monoisotopic (exact) mass is 764 g/mol. The van der Waals surface area contributed by atoms with Crippen molar-refractivity contribution in [3.8, 4) is 0 Å². The van der Waals surface area contributed by atoms with Crippen molar-refractivity contribution in [3.63, 3.8) is 0 Å². The molecule has 1 heterocycles. The van der Waals surface area contributed by atoms with E-state index in [2.05, 4.69) is 45.7 Å². The lowest BCUT2D eigenvalue weighted by Gasteiger charge is -2.19. The number of fused-ring (bicyclic) bond motifs is 1. The van der Waals surface area contributed by atoms with E-state index in [4.69, 9.17) is 19.4 Å². The van der Waals surface area contributed by atoms with Gasteiger partial charge in [-0.2, -0.15) is 0 Å². The second kappa shape index (κ2) is 25.6.